The molecule has 0 saturated carbocycles. The fourth-order valence-corrected chi connectivity index (χ4v) is 3.01. The molecule has 1 heterocycles. The molecule has 4 nitrogen and oxygen atoms in total. The molecule has 3 rings (SSSR count). The van der Waals surface area contributed by atoms with Gasteiger partial charge in [-0.2, -0.15) is 0 Å². The van der Waals surface area contributed by atoms with Gasteiger partial charge < -0.3 is 9.73 Å². The molecule has 1 N–H and O–H groups in total. The first kappa shape index (κ1) is 17.2. The number of oxazole rings is 1. The quantitative estimate of drug-likeness (QED) is 0.816. The number of nitrogens with one attached hydrogen (secondary N) is 1. The lowest BCUT2D eigenvalue weighted by Gasteiger charge is -2.15. The van der Waals surface area contributed by atoms with Crippen molar-refractivity contribution >= 4 is 11.6 Å². The molecule has 0 radical (unpaired) electrons. The molecule has 0 spiro atoms. The lowest BCUT2D eigenvalue weighted by Crippen LogP contribution is -2.16. The summed E-state index contributed by atoms with van der Waals surface area (Å²) in [6.07, 6.45) is 10.8. The number of allylic oxidation sites excluding steroid dienone is 4. The molecule has 0 bridgehead atoms. The fourth-order valence-electron chi connectivity index (χ4n) is 3.01. The number of hydrogen-bond donors (Lipinski definition) is 1. The number of aromatic nitrogens is 1. The highest BCUT2D eigenvalue weighted by atomic mass is 16.3. The van der Waals surface area contributed by atoms with E-state index < -0.39 is 0 Å². The van der Waals surface area contributed by atoms with Gasteiger partial charge in [-0.25, -0.2) is 4.98 Å². The van der Waals surface area contributed by atoms with E-state index in [1.54, 1.807) is 6.26 Å². The number of aryl methyl sites for hydroxylation is 2. The summed E-state index contributed by atoms with van der Waals surface area (Å²) in [6, 6.07) is 5.81. The SMILES string of the molecule is Cc1coc(-c2cc(NC(=O)CC(C)C3=CCCC=C3)ccc2C)n1. The topological polar surface area (TPSA) is 55.1 Å². The standard InChI is InChI=1S/C21H24N2O2/c1-14-9-10-18(12-19(14)21-22-16(3)13-25-21)23-20(24)11-15(2)17-7-5-4-6-8-17/h5,7-10,12-13,15H,4,6,11H2,1-3H3,(H,23,24). The van der Waals surface area contributed by atoms with Crippen LogP contribution in [-0.4, -0.2) is 10.9 Å². The van der Waals surface area contributed by atoms with Crippen molar-refractivity contribution in [2.45, 2.75) is 40.0 Å². The van der Waals surface area contributed by atoms with Crippen LogP contribution in [0.4, 0.5) is 5.69 Å². The summed E-state index contributed by atoms with van der Waals surface area (Å²) in [7, 11) is 0. The van der Waals surface area contributed by atoms with Gasteiger partial charge in [-0.3, -0.25) is 4.79 Å². The molecule has 1 aromatic heterocycles. The molecule has 0 aliphatic heterocycles. The first-order chi connectivity index (χ1) is 12.0. The van der Waals surface area contributed by atoms with E-state index in [2.05, 4.69) is 35.5 Å². The van der Waals surface area contributed by atoms with E-state index in [-0.39, 0.29) is 11.8 Å². The molecule has 0 saturated heterocycles. The molecule has 130 valence electrons. The van der Waals surface area contributed by atoms with Crippen LogP contribution in [-0.2, 0) is 4.79 Å². The smallest absolute Gasteiger partial charge is 0.226 e. The second-order valence-electron chi connectivity index (χ2n) is 6.66. The van der Waals surface area contributed by atoms with Crippen LogP contribution in [0.25, 0.3) is 11.5 Å². The van der Waals surface area contributed by atoms with Crippen LogP contribution in [0.3, 0.4) is 0 Å². The number of amides is 1. The number of carbonyl (C=O) groups is 1. The lowest BCUT2D eigenvalue weighted by atomic mass is 9.93. The van der Waals surface area contributed by atoms with Gasteiger partial charge in [-0.15, -0.1) is 0 Å². The summed E-state index contributed by atoms with van der Waals surface area (Å²) in [4.78, 5) is 16.8. The van der Waals surface area contributed by atoms with Gasteiger partial charge in [0.2, 0.25) is 11.8 Å². The van der Waals surface area contributed by atoms with Crippen molar-refractivity contribution in [1.29, 1.82) is 0 Å². The van der Waals surface area contributed by atoms with Gasteiger partial charge in [0.25, 0.3) is 0 Å². The Labute approximate surface area is 148 Å². The molecule has 1 atom stereocenters. The minimum Gasteiger partial charge on any atom is -0.444 e. The second-order valence-corrected chi connectivity index (χ2v) is 6.66. The fraction of sp³-hybridized carbons (Fsp3) is 0.333. The van der Waals surface area contributed by atoms with E-state index >= 15 is 0 Å². The van der Waals surface area contributed by atoms with Crippen LogP contribution in [0.5, 0.6) is 0 Å². The molecule has 1 aromatic carbocycles. The highest BCUT2D eigenvalue weighted by Crippen LogP contribution is 2.27. The Morgan fingerprint density at radius 3 is 2.84 bits per heavy atom. The minimum absolute atomic E-state index is 0.0192. The maximum absolute atomic E-state index is 12.4. The van der Waals surface area contributed by atoms with E-state index in [0.29, 0.717) is 12.3 Å². The molecule has 4 heteroatoms. The van der Waals surface area contributed by atoms with Crippen LogP contribution in [0.1, 0.15) is 37.4 Å². The highest BCUT2D eigenvalue weighted by molar-refractivity contribution is 5.91. The predicted octanol–water partition coefficient (Wildman–Crippen LogP) is 5.20. The third kappa shape index (κ3) is 4.27. The highest BCUT2D eigenvalue weighted by Gasteiger charge is 2.14. The van der Waals surface area contributed by atoms with Gasteiger partial charge in [0.15, 0.2) is 0 Å². The summed E-state index contributed by atoms with van der Waals surface area (Å²) in [5.74, 6) is 0.818. The number of rotatable bonds is 5. The monoisotopic (exact) mass is 336 g/mol. The molecule has 2 aromatic rings. The Morgan fingerprint density at radius 1 is 1.32 bits per heavy atom. The average molecular weight is 336 g/mol. The molecule has 1 aliphatic rings. The third-order valence-electron chi connectivity index (χ3n) is 4.46. The zero-order valence-electron chi connectivity index (χ0n) is 15.0. The minimum atomic E-state index is 0.0192. The van der Waals surface area contributed by atoms with Gasteiger partial charge >= 0.3 is 0 Å². The number of nitrogens with zero attached hydrogens (tertiary/aromatic N) is 1. The van der Waals surface area contributed by atoms with E-state index in [1.807, 2.05) is 32.0 Å². The number of anilines is 1. The van der Waals surface area contributed by atoms with Crippen LogP contribution >= 0.6 is 0 Å². The molecular weight excluding hydrogens is 312 g/mol. The first-order valence-corrected chi connectivity index (χ1v) is 8.72. The van der Waals surface area contributed by atoms with Gasteiger partial charge in [0.1, 0.15) is 6.26 Å². The van der Waals surface area contributed by atoms with E-state index in [1.165, 1.54) is 5.57 Å². The molecule has 1 aliphatic carbocycles. The van der Waals surface area contributed by atoms with Gasteiger partial charge in [-0.1, -0.05) is 31.2 Å². The van der Waals surface area contributed by atoms with E-state index in [9.17, 15) is 4.79 Å². The van der Waals surface area contributed by atoms with Crippen LogP contribution in [0.2, 0.25) is 0 Å². The van der Waals surface area contributed by atoms with Crippen LogP contribution in [0.15, 0.2) is 52.7 Å². The largest absolute Gasteiger partial charge is 0.444 e. The van der Waals surface area contributed by atoms with Crippen LogP contribution in [0, 0.1) is 19.8 Å². The Balaban J connectivity index is 1.69. The number of hydrogen-bond acceptors (Lipinski definition) is 3. The average Bonchev–Trinajstić information content (AvgIpc) is 3.03. The Bertz CT molecular complexity index is 830. The van der Waals surface area contributed by atoms with Crippen molar-refractivity contribution in [3.8, 4) is 11.5 Å². The second kappa shape index (κ2) is 7.51. The van der Waals surface area contributed by atoms with Gasteiger partial charge in [0, 0.05) is 17.7 Å². The maximum Gasteiger partial charge on any atom is 0.226 e. The normalized spacial score (nSPS) is 14.9. The van der Waals surface area contributed by atoms with Gasteiger partial charge in [0.05, 0.1) is 5.69 Å². The molecule has 1 unspecified atom stereocenters. The summed E-state index contributed by atoms with van der Waals surface area (Å²) in [6.45, 7) is 5.99. The number of benzene rings is 1. The summed E-state index contributed by atoms with van der Waals surface area (Å²) in [5, 5.41) is 3.00. The Hall–Kier alpha value is -2.62. The third-order valence-corrected chi connectivity index (χ3v) is 4.46. The Kier molecular flexibility index (Phi) is 5.17. The molecular formula is C21H24N2O2. The summed E-state index contributed by atoms with van der Waals surface area (Å²) >= 11 is 0. The van der Waals surface area contributed by atoms with Crippen molar-refractivity contribution in [1.82, 2.24) is 4.98 Å². The molecule has 25 heavy (non-hydrogen) atoms. The zero-order chi connectivity index (χ0) is 17.8. The van der Waals surface area contributed by atoms with E-state index in [4.69, 9.17) is 4.42 Å². The van der Waals surface area contributed by atoms with Crippen molar-refractivity contribution < 1.29 is 9.21 Å². The van der Waals surface area contributed by atoms with Crippen LogP contribution < -0.4 is 5.32 Å². The van der Waals surface area contributed by atoms with Crippen molar-refractivity contribution in [3.05, 3.63) is 59.5 Å². The Morgan fingerprint density at radius 2 is 2.16 bits per heavy atom. The molecule has 1 amide bonds. The molecule has 0 fully saturated rings. The van der Waals surface area contributed by atoms with Crippen molar-refractivity contribution in [2.75, 3.05) is 5.32 Å². The summed E-state index contributed by atoms with van der Waals surface area (Å²) < 4.78 is 5.50. The van der Waals surface area contributed by atoms with E-state index in [0.717, 1.165) is 35.3 Å². The van der Waals surface area contributed by atoms with Crippen molar-refractivity contribution in [3.63, 3.8) is 0 Å². The van der Waals surface area contributed by atoms with Gasteiger partial charge in [-0.05, 0) is 55.9 Å². The zero-order valence-corrected chi connectivity index (χ0v) is 15.0. The summed E-state index contributed by atoms with van der Waals surface area (Å²) in [5.41, 5.74) is 4.82. The number of carbonyl (C=O) groups excluding carboxylic acids is 1. The predicted molar refractivity (Wildman–Crippen MR) is 100 cm³/mol. The first-order valence-electron chi connectivity index (χ1n) is 8.72. The van der Waals surface area contributed by atoms with Crippen molar-refractivity contribution in [2.24, 2.45) is 5.92 Å². The maximum atomic E-state index is 12.4. The lowest BCUT2D eigenvalue weighted by molar-refractivity contribution is -0.116.